The minimum absolute atomic E-state index is 0.499. The lowest BCUT2D eigenvalue weighted by Crippen LogP contribution is -2.30. The summed E-state index contributed by atoms with van der Waals surface area (Å²) in [7, 11) is 1.89. The normalized spacial score (nSPS) is 22.1. The Morgan fingerprint density at radius 1 is 1.42 bits per heavy atom. The minimum Gasteiger partial charge on any atom is -0.342 e. The van der Waals surface area contributed by atoms with Crippen LogP contribution in [0.3, 0.4) is 0 Å². The van der Waals surface area contributed by atoms with Crippen LogP contribution in [0.5, 0.6) is 0 Å². The predicted octanol–water partition coefficient (Wildman–Crippen LogP) is 1.55. The number of allylic oxidation sites excluding steroid dienone is 1. The van der Waals surface area contributed by atoms with Crippen molar-refractivity contribution in [3.8, 4) is 0 Å². The Morgan fingerprint density at radius 2 is 2.21 bits per heavy atom. The summed E-state index contributed by atoms with van der Waals surface area (Å²) in [6.07, 6.45) is 4.96. The molecule has 0 amide bonds. The monoisotopic (exact) mass is 255 g/mol. The molecule has 1 atom stereocenters. The molecule has 3 rings (SSSR count). The molecule has 0 aromatic heterocycles. The zero-order chi connectivity index (χ0) is 13.2. The van der Waals surface area contributed by atoms with E-state index < -0.39 is 6.17 Å². The Balaban J connectivity index is 1.80. The maximum atomic E-state index is 12.3. The van der Waals surface area contributed by atoms with Crippen molar-refractivity contribution >= 4 is 12.3 Å². The van der Waals surface area contributed by atoms with Crippen LogP contribution in [0.25, 0.3) is 6.08 Å². The fourth-order valence-electron chi connectivity index (χ4n) is 2.18. The number of aliphatic imine (C=N–C) groups is 1. The van der Waals surface area contributed by atoms with E-state index in [1.807, 2.05) is 54.4 Å². The van der Waals surface area contributed by atoms with E-state index in [4.69, 9.17) is 0 Å². The molecular weight excluding hydrogens is 240 g/mol. The quantitative estimate of drug-likeness (QED) is 0.816. The highest BCUT2D eigenvalue weighted by Gasteiger charge is 2.37. The van der Waals surface area contributed by atoms with Gasteiger partial charge in [0.05, 0.1) is 13.3 Å². The molecule has 0 spiro atoms. The summed E-state index contributed by atoms with van der Waals surface area (Å²) >= 11 is 0. The van der Waals surface area contributed by atoms with Crippen LogP contribution in [0, 0.1) is 4.91 Å². The molecule has 19 heavy (non-hydrogen) atoms. The van der Waals surface area contributed by atoms with Crippen molar-refractivity contribution in [1.29, 1.82) is 0 Å². The molecule has 0 radical (unpaired) electrons. The van der Waals surface area contributed by atoms with E-state index in [9.17, 15) is 4.91 Å². The van der Waals surface area contributed by atoms with E-state index in [1.165, 1.54) is 0 Å². The van der Waals surface area contributed by atoms with E-state index >= 15 is 0 Å². The smallest absolute Gasteiger partial charge is 0.342 e. The second-order valence-electron chi connectivity index (χ2n) is 4.56. The number of benzene rings is 1. The van der Waals surface area contributed by atoms with Crippen molar-refractivity contribution in [1.82, 2.24) is 10.2 Å². The largest absolute Gasteiger partial charge is 0.345 e. The summed E-state index contributed by atoms with van der Waals surface area (Å²) in [6, 6.07) is 9.88. The van der Waals surface area contributed by atoms with Gasteiger partial charge in [-0.3, -0.25) is 0 Å². The van der Waals surface area contributed by atoms with Gasteiger partial charge in [0.2, 0.25) is 0 Å². The lowest BCUT2D eigenvalue weighted by atomic mass is 10.2. The molecule has 1 aromatic carbocycles. The van der Waals surface area contributed by atoms with E-state index in [0.717, 1.165) is 16.0 Å². The van der Waals surface area contributed by atoms with E-state index in [-0.39, 0.29) is 0 Å². The van der Waals surface area contributed by atoms with Gasteiger partial charge in [-0.1, -0.05) is 41.3 Å². The van der Waals surface area contributed by atoms with Gasteiger partial charge in [-0.05, 0) is 11.6 Å². The van der Waals surface area contributed by atoms with Gasteiger partial charge in [0.25, 0.3) is 6.17 Å². The average Bonchev–Trinajstić information content (AvgIpc) is 2.82. The van der Waals surface area contributed by atoms with Crippen LogP contribution < -0.4 is 5.32 Å². The first-order valence-electron chi connectivity index (χ1n) is 6.18. The van der Waals surface area contributed by atoms with Crippen molar-refractivity contribution in [3.63, 3.8) is 0 Å². The number of nitrogens with zero attached hydrogens (tertiary/aromatic N) is 3. The third-order valence-electron chi connectivity index (χ3n) is 3.17. The number of nitrogens with one attached hydrogen (secondary N) is 1. The molecule has 2 heterocycles. The zero-order valence-corrected chi connectivity index (χ0v) is 10.7. The zero-order valence-electron chi connectivity index (χ0n) is 10.7. The molecule has 5 nitrogen and oxygen atoms in total. The lowest BCUT2D eigenvalue weighted by molar-refractivity contribution is -0.541. The average molecular weight is 255 g/mol. The molecule has 1 unspecified atom stereocenters. The molecule has 0 saturated heterocycles. The van der Waals surface area contributed by atoms with Crippen molar-refractivity contribution < 1.29 is 4.76 Å². The third kappa shape index (κ3) is 2.14. The van der Waals surface area contributed by atoms with Gasteiger partial charge in [0, 0.05) is 4.76 Å². The number of hydrogen-bond donors (Lipinski definition) is 1. The van der Waals surface area contributed by atoms with Gasteiger partial charge in [0.1, 0.15) is 5.70 Å². The Bertz CT molecular complexity index is 589. The molecule has 2 aliphatic rings. The summed E-state index contributed by atoms with van der Waals surface area (Å²) in [5.41, 5.74) is 1.85. The molecular formula is C14H15N4O+. The molecule has 96 valence electrons. The first kappa shape index (κ1) is 11.6. The summed E-state index contributed by atoms with van der Waals surface area (Å²) in [6.45, 7) is 0.643. The van der Waals surface area contributed by atoms with Crippen molar-refractivity contribution in [2.45, 2.75) is 6.17 Å². The fourth-order valence-corrected chi connectivity index (χ4v) is 2.18. The maximum Gasteiger partial charge on any atom is 0.345 e. The van der Waals surface area contributed by atoms with Crippen LogP contribution in [-0.2, 0) is 0 Å². The van der Waals surface area contributed by atoms with Gasteiger partial charge >= 0.3 is 5.82 Å². The second-order valence-corrected chi connectivity index (χ2v) is 4.56. The van der Waals surface area contributed by atoms with Crippen LogP contribution in [0.4, 0.5) is 0 Å². The fraction of sp³-hybridized carbons (Fsp3) is 0.214. The lowest BCUT2D eigenvalue weighted by Gasteiger charge is -2.11. The Morgan fingerprint density at radius 3 is 3.00 bits per heavy atom. The predicted molar refractivity (Wildman–Crippen MR) is 74.2 cm³/mol. The number of nitroso groups, excluding NO2 is 1. The summed E-state index contributed by atoms with van der Waals surface area (Å²) in [5.74, 6) is 0.651. The molecule has 2 aliphatic heterocycles. The van der Waals surface area contributed by atoms with Gasteiger partial charge in [0.15, 0.2) is 6.67 Å². The highest BCUT2D eigenvalue weighted by atomic mass is 16.3. The van der Waals surface area contributed by atoms with Crippen LogP contribution in [0.1, 0.15) is 5.56 Å². The number of hydrogen-bond acceptors (Lipinski definition) is 4. The van der Waals surface area contributed by atoms with E-state index in [2.05, 4.69) is 10.3 Å². The Labute approximate surface area is 111 Å². The van der Waals surface area contributed by atoms with Crippen molar-refractivity contribution in [2.24, 2.45) is 4.99 Å². The standard InChI is InChI=1S/C14H15N4O/c1-17-10-16-12-9-15-13(18(19)14(12)17)8-7-11-5-3-2-4-6-11/h2-9,13,16H,10H2,1H3/q+1/b8-7+. The third-order valence-corrected chi connectivity index (χ3v) is 3.17. The SMILES string of the molecule is CN1CNC2=C1[N+](=O)C(/C=C/c1ccccc1)N=C2. The van der Waals surface area contributed by atoms with Crippen LogP contribution >= 0.6 is 0 Å². The molecule has 1 N–H and O–H groups in total. The second kappa shape index (κ2) is 4.68. The van der Waals surface area contributed by atoms with E-state index in [1.54, 1.807) is 6.21 Å². The molecule has 0 bridgehead atoms. The van der Waals surface area contributed by atoms with Crippen LogP contribution in [-0.4, -0.2) is 35.8 Å². The minimum atomic E-state index is -0.499. The van der Waals surface area contributed by atoms with Crippen molar-refractivity contribution in [2.75, 3.05) is 13.7 Å². The number of rotatable bonds is 2. The van der Waals surface area contributed by atoms with Gasteiger partial charge in [-0.25, -0.2) is 9.89 Å². The Kier molecular flexibility index (Phi) is 2.87. The summed E-state index contributed by atoms with van der Waals surface area (Å²) in [4.78, 5) is 18.4. The van der Waals surface area contributed by atoms with Crippen molar-refractivity contribution in [3.05, 3.63) is 58.4 Å². The summed E-state index contributed by atoms with van der Waals surface area (Å²) < 4.78 is 0.939. The highest BCUT2D eigenvalue weighted by molar-refractivity contribution is 5.79. The maximum absolute atomic E-state index is 12.3. The van der Waals surface area contributed by atoms with Gasteiger partial charge in [-0.2, -0.15) is 0 Å². The van der Waals surface area contributed by atoms with Gasteiger partial charge in [-0.15, -0.1) is 0 Å². The molecule has 1 aromatic rings. The van der Waals surface area contributed by atoms with E-state index in [0.29, 0.717) is 12.5 Å². The van der Waals surface area contributed by atoms with Crippen LogP contribution in [0.2, 0.25) is 0 Å². The van der Waals surface area contributed by atoms with Crippen LogP contribution in [0.15, 0.2) is 52.9 Å². The highest BCUT2D eigenvalue weighted by Crippen LogP contribution is 2.20. The Hall–Kier alpha value is -2.43. The topological polar surface area (TPSA) is 47.7 Å². The molecule has 0 fully saturated rings. The first-order valence-corrected chi connectivity index (χ1v) is 6.18. The van der Waals surface area contributed by atoms with Gasteiger partial charge < -0.3 is 5.32 Å². The molecule has 0 aliphatic carbocycles. The first-order chi connectivity index (χ1) is 9.25. The molecule has 5 heteroatoms. The summed E-state index contributed by atoms with van der Waals surface area (Å²) in [5, 5.41) is 3.12. The molecule has 0 saturated carbocycles.